The SMILES string of the molecule is NCC1(O)CCN(Cc2ccc3c(c2)C(=O)N(C2CCC(=O)NC2=O)C3=O)C1. The number of carbonyl (C=O) groups is 4. The van der Waals surface area contributed by atoms with Gasteiger partial charge in [-0.15, -0.1) is 0 Å². The lowest BCUT2D eigenvalue weighted by Gasteiger charge is -2.27. The van der Waals surface area contributed by atoms with E-state index in [1.807, 2.05) is 4.90 Å². The number of amides is 4. The summed E-state index contributed by atoms with van der Waals surface area (Å²) in [5, 5.41) is 12.5. The third kappa shape index (κ3) is 3.11. The van der Waals surface area contributed by atoms with Gasteiger partial charge in [-0.25, -0.2) is 0 Å². The van der Waals surface area contributed by atoms with Crippen molar-refractivity contribution in [1.82, 2.24) is 15.1 Å². The van der Waals surface area contributed by atoms with E-state index in [4.69, 9.17) is 5.73 Å². The van der Waals surface area contributed by atoms with Gasteiger partial charge in [0.1, 0.15) is 6.04 Å². The minimum absolute atomic E-state index is 0.0913. The number of rotatable bonds is 4. The van der Waals surface area contributed by atoms with E-state index in [1.54, 1.807) is 18.2 Å². The normalized spacial score (nSPS) is 28.1. The molecule has 9 nitrogen and oxygen atoms in total. The first-order valence-electron chi connectivity index (χ1n) is 9.31. The molecule has 2 unspecified atom stereocenters. The average molecular weight is 386 g/mol. The first-order chi connectivity index (χ1) is 13.3. The number of nitrogens with two attached hydrogens (primary N) is 1. The number of benzene rings is 1. The van der Waals surface area contributed by atoms with E-state index in [0.717, 1.165) is 10.5 Å². The van der Waals surface area contributed by atoms with Gasteiger partial charge in [-0.1, -0.05) is 6.07 Å². The summed E-state index contributed by atoms with van der Waals surface area (Å²) >= 11 is 0. The van der Waals surface area contributed by atoms with Crippen LogP contribution in [0, 0.1) is 0 Å². The number of hydrogen-bond donors (Lipinski definition) is 3. The number of likely N-dealkylation sites (tertiary alicyclic amines) is 1. The second kappa shape index (κ2) is 6.77. The molecule has 0 saturated carbocycles. The van der Waals surface area contributed by atoms with Crippen LogP contribution in [-0.2, 0) is 16.1 Å². The molecule has 4 amide bonds. The van der Waals surface area contributed by atoms with Gasteiger partial charge in [0.25, 0.3) is 11.8 Å². The Labute approximate surface area is 161 Å². The number of imide groups is 2. The van der Waals surface area contributed by atoms with Crippen LogP contribution in [0.4, 0.5) is 0 Å². The second-order valence-electron chi connectivity index (χ2n) is 7.72. The summed E-state index contributed by atoms with van der Waals surface area (Å²) in [6.07, 6.45) is 0.817. The lowest BCUT2D eigenvalue weighted by Crippen LogP contribution is -2.54. The molecular weight excluding hydrogens is 364 g/mol. The Morgan fingerprint density at radius 1 is 1.18 bits per heavy atom. The molecule has 148 valence electrons. The highest BCUT2D eigenvalue weighted by molar-refractivity contribution is 6.23. The molecule has 1 aromatic rings. The number of hydrogen-bond acceptors (Lipinski definition) is 7. The largest absolute Gasteiger partial charge is 0.387 e. The Balaban J connectivity index is 1.53. The first-order valence-corrected chi connectivity index (χ1v) is 9.31. The first kappa shape index (κ1) is 18.7. The van der Waals surface area contributed by atoms with Gasteiger partial charge in [0.2, 0.25) is 11.8 Å². The molecule has 0 spiro atoms. The summed E-state index contributed by atoms with van der Waals surface area (Å²) in [6, 6.07) is 4.08. The molecule has 4 N–H and O–H groups in total. The van der Waals surface area contributed by atoms with Crippen LogP contribution in [0.15, 0.2) is 18.2 Å². The van der Waals surface area contributed by atoms with Gasteiger partial charge >= 0.3 is 0 Å². The van der Waals surface area contributed by atoms with Crippen molar-refractivity contribution < 1.29 is 24.3 Å². The third-order valence-electron chi connectivity index (χ3n) is 5.70. The number of aliphatic hydroxyl groups is 1. The number of carbonyl (C=O) groups excluding carboxylic acids is 4. The quantitative estimate of drug-likeness (QED) is 0.564. The van der Waals surface area contributed by atoms with Gasteiger partial charge in [-0.2, -0.15) is 0 Å². The summed E-state index contributed by atoms with van der Waals surface area (Å²) < 4.78 is 0. The van der Waals surface area contributed by atoms with Crippen LogP contribution in [-0.4, -0.2) is 69.8 Å². The average Bonchev–Trinajstić information content (AvgIpc) is 3.15. The molecule has 2 atom stereocenters. The number of nitrogens with zero attached hydrogens (tertiary/aromatic N) is 2. The number of piperidine rings is 1. The van der Waals surface area contributed by atoms with Gasteiger partial charge in [0.15, 0.2) is 0 Å². The maximum Gasteiger partial charge on any atom is 0.262 e. The molecule has 3 aliphatic rings. The zero-order chi connectivity index (χ0) is 20.1. The molecule has 1 aromatic carbocycles. The van der Waals surface area contributed by atoms with Crippen molar-refractivity contribution in [3.05, 3.63) is 34.9 Å². The van der Waals surface area contributed by atoms with Crippen LogP contribution in [0.3, 0.4) is 0 Å². The number of β-amino-alcohol motifs (C(OH)–C–C–N with tert-alkyl or cyclic N) is 1. The molecule has 0 radical (unpaired) electrons. The van der Waals surface area contributed by atoms with Crippen LogP contribution in [0.5, 0.6) is 0 Å². The summed E-state index contributed by atoms with van der Waals surface area (Å²) in [7, 11) is 0. The van der Waals surface area contributed by atoms with Crippen LogP contribution < -0.4 is 11.1 Å². The van der Waals surface area contributed by atoms with Crippen molar-refractivity contribution in [2.24, 2.45) is 5.73 Å². The fraction of sp³-hybridized carbons (Fsp3) is 0.474. The minimum atomic E-state index is -0.966. The Bertz CT molecular complexity index is 885. The van der Waals surface area contributed by atoms with Gasteiger partial charge in [0, 0.05) is 32.6 Å². The molecule has 0 bridgehead atoms. The lowest BCUT2D eigenvalue weighted by atomic mass is 10.0. The minimum Gasteiger partial charge on any atom is -0.387 e. The van der Waals surface area contributed by atoms with Crippen molar-refractivity contribution in [2.45, 2.75) is 37.5 Å². The molecule has 3 aliphatic heterocycles. The molecule has 4 rings (SSSR count). The van der Waals surface area contributed by atoms with Gasteiger partial charge in [0.05, 0.1) is 16.7 Å². The Kier molecular flexibility index (Phi) is 4.53. The van der Waals surface area contributed by atoms with Gasteiger partial charge in [-0.3, -0.25) is 34.3 Å². The number of nitrogens with one attached hydrogen (secondary N) is 1. The molecular formula is C19H22N4O5. The van der Waals surface area contributed by atoms with Crippen LogP contribution in [0.25, 0.3) is 0 Å². The van der Waals surface area contributed by atoms with Crippen molar-refractivity contribution in [2.75, 3.05) is 19.6 Å². The fourth-order valence-electron chi connectivity index (χ4n) is 4.12. The van der Waals surface area contributed by atoms with Crippen molar-refractivity contribution in [1.29, 1.82) is 0 Å². The summed E-state index contributed by atoms with van der Waals surface area (Å²) in [5.74, 6) is -2.05. The van der Waals surface area contributed by atoms with Crippen LogP contribution in [0.2, 0.25) is 0 Å². The highest BCUT2D eigenvalue weighted by atomic mass is 16.3. The molecule has 9 heteroatoms. The molecule has 28 heavy (non-hydrogen) atoms. The summed E-state index contributed by atoms with van der Waals surface area (Å²) in [4.78, 5) is 52.0. The Morgan fingerprint density at radius 3 is 2.61 bits per heavy atom. The molecule has 0 aromatic heterocycles. The van der Waals surface area contributed by atoms with Crippen LogP contribution in [0.1, 0.15) is 45.5 Å². The van der Waals surface area contributed by atoms with Gasteiger partial charge < -0.3 is 10.8 Å². The van der Waals surface area contributed by atoms with E-state index in [1.165, 1.54) is 0 Å². The number of fused-ring (bicyclic) bond motifs is 1. The van der Waals surface area contributed by atoms with Crippen molar-refractivity contribution in [3.8, 4) is 0 Å². The maximum absolute atomic E-state index is 12.8. The summed E-state index contributed by atoms with van der Waals surface area (Å²) in [5.41, 5.74) is 6.10. The lowest BCUT2D eigenvalue weighted by molar-refractivity contribution is -0.136. The van der Waals surface area contributed by atoms with Crippen molar-refractivity contribution in [3.63, 3.8) is 0 Å². The van der Waals surface area contributed by atoms with E-state index < -0.39 is 35.3 Å². The monoisotopic (exact) mass is 386 g/mol. The van der Waals surface area contributed by atoms with Crippen molar-refractivity contribution >= 4 is 23.6 Å². The van der Waals surface area contributed by atoms with Gasteiger partial charge in [-0.05, 0) is 30.5 Å². The smallest absolute Gasteiger partial charge is 0.262 e. The van der Waals surface area contributed by atoms with E-state index in [0.29, 0.717) is 26.1 Å². The van der Waals surface area contributed by atoms with E-state index >= 15 is 0 Å². The molecule has 0 aliphatic carbocycles. The Hall–Kier alpha value is -2.62. The maximum atomic E-state index is 12.8. The molecule has 2 fully saturated rings. The topological polar surface area (TPSA) is 133 Å². The van der Waals surface area contributed by atoms with E-state index in [2.05, 4.69) is 5.32 Å². The Morgan fingerprint density at radius 2 is 1.93 bits per heavy atom. The predicted molar refractivity (Wildman–Crippen MR) is 97.0 cm³/mol. The zero-order valence-electron chi connectivity index (χ0n) is 15.3. The summed E-state index contributed by atoms with van der Waals surface area (Å²) in [6.45, 7) is 1.87. The van der Waals surface area contributed by atoms with E-state index in [9.17, 15) is 24.3 Å². The van der Waals surface area contributed by atoms with E-state index in [-0.39, 0.29) is 30.5 Å². The highest BCUT2D eigenvalue weighted by Gasteiger charge is 2.44. The predicted octanol–water partition coefficient (Wildman–Crippen LogP) is -1.02. The van der Waals surface area contributed by atoms with Crippen LogP contribution >= 0.6 is 0 Å². The third-order valence-corrected chi connectivity index (χ3v) is 5.70. The zero-order valence-corrected chi connectivity index (χ0v) is 15.3. The second-order valence-corrected chi connectivity index (χ2v) is 7.72. The molecule has 3 heterocycles. The molecule has 2 saturated heterocycles. The fourth-order valence-corrected chi connectivity index (χ4v) is 4.12. The standard InChI is InChI=1S/C19H22N4O5/c20-9-19(28)5-6-22(10-19)8-11-1-2-12-13(7-11)18(27)23(17(12)26)14-3-4-15(24)21-16(14)25/h1-2,7,14,28H,3-6,8-10,20H2,(H,21,24,25). The highest BCUT2D eigenvalue weighted by Crippen LogP contribution is 2.29.